The Labute approximate surface area is 125 Å². The standard InChI is InChI=1S/C18H32N2/c1-4-6-11-14-18(3,16-19)20(15-7-5-2)17-12-9-8-10-13-17/h8-10,12-13H,4-7,11,14-16,19H2,1-3H3. The number of para-hydroxylation sites is 1. The summed E-state index contributed by atoms with van der Waals surface area (Å²) in [4.78, 5) is 2.53. The SMILES string of the molecule is CCCCCC(C)(CN)N(CCCC)c1ccccc1. The van der Waals surface area contributed by atoms with Crippen LogP contribution >= 0.6 is 0 Å². The number of nitrogens with zero attached hydrogens (tertiary/aromatic N) is 1. The van der Waals surface area contributed by atoms with Gasteiger partial charge in [-0.25, -0.2) is 0 Å². The van der Waals surface area contributed by atoms with Crippen LogP contribution in [0.4, 0.5) is 5.69 Å². The van der Waals surface area contributed by atoms with Crippen molar-refractivity contribution in [1.29, 1.82) is 0 Å². The quantitative estimate of drug-likeness (QED) is 0.633. The minimum atomic E-state index is 0.0751. The van der Waals surface area contributed by atoms with Crippen LogP contribution in [0.3, 0.4) is 0 Å². The van der Waals surface area contributed by atoms with Crippen molar-refractivity contribution in [3.05, 3.63) is 30.3 Å². The van der Waals surface area contributed by atoms with Crippen molar-refractivity contribution in [2.24, 2.45) is 5.73 Å². The van der Waals surface area contributed by atoms with Gasteiger partial charge in [0, 0.05) is 24.3 Å². The van der Waals surface area contributed by atoms with Crippen LogP contribution in [0.1, 0.15) is 59.3 Å². The van der Waals surface area contributed by atoms with E-state index in [2.05, 4.69) is 56.0 Å². The number of rotatable bonds is 10. The molecule has 2 heteroatoms. The Morgan fingerprint density at radius 3 is 2.20 bits per heavy atom. The second-order valence-corrected chi connectivity index (χ2v) is 6.00. The monoisotopic (exact) mass is 276 g/mol. The van der Waals surface area contributed by atoms with Gasteiger partial charge in [-0.3, -0.25) is 0 Å². The van der Waals surface area contributed by atoms with E-state index in [4.69, 9.17) is 5.73 Å². The molecule has 0 saturated heterocycles. The molecular weight excluding hydrogens is 244 g/mol. The Morgan fingerprint density at radius 1 is 1.00 bits per heavy atom. The molecule has 1 rings (SSSR count). The molecule has 2 nitrogen and oxygen atoms in total. The van der Waals surface area contributed by atoms with Crippen molar-refractivity contribution in [1.82, 2.24) is 0 Å². The normalized spacial score (nSPS) is 14.0. The molecule has 0 aliphatic heterocycles. The van der Waals surface area contributed by atoms with E-state index in [0.717, 1.165) is 13.1 Å². The molecule has 20 heavy (non-hydrogen) atoms. The predicted molar refractivity (Wildman–Crippen MR) is 90.3 cm³/mol. The molecule has 0 aromatic heterocycles. The Kier molecular flexibility index (Phi) is 7.68. The summed E-state index contributed by atoms with van der Waals surface area (Å²) in [5, 5.41) is 0. The van der Waals surface area contributed by atoms with E-state index in [1.165, 1.54) is 44.2 Å². The van der Waals surface area contributed by atoms with Crippen LogP contribution in [0.5, 0.6) is 0 Å². The van der Waals surface area contributed by atoms with Crippen molar-refractivity contribution < 1.29 is 0 Å². The van der Waals surface area contributed by atoms with E-state index in [1.54, 1.807) is 0 Å². The van der Waals surface area contributed by atoms with Crippen LogP contribution in [0.15, 0.2) is 30.3 Å². The number of hydrogen-bond acceptors (Lipinski definition) is 2. The average Bonchev–Trinajstić information content (AvgIpc) is 2.49. The average molecular weight is 276 g/mol. The van der Waals surface area contributed by atoms with Crippen molar-refractivity contribution in [2.45, 2.75) is 64.8 Å². The maximum absolute atomic E-state index is 6.16. The second kappa shape index (κ2) is 9.02. The first-order chi connectivity index (χ1) is 9.68. The van der Waals surface area contributed by atoms with Gasteiger partial charge in [-0.15, -0.1) is 0 Å². The number of anilines is 1. The third-order valence-electron chi connectivity index (χ3n) is 4.21. The lowest BCUT2D eigenvalue weighted by molar-refractivity contribution is 0.380. The van der Waals surface area contributed by atoms with E-state index >= 15 is 0 Å². The van der Waals surface area contributed by atoms with Crippen LogP contribution in [0, 0.1) is 0 Å². The zero-order chi connectivity index (χ0) is 14.8. The van der Waals surface area contributed by atoms with Crippen molar-refractivity contribution >= 4 is 5.69 Å². The third-order valence-corrected chi connectivity index (χ3v) is 4.21. The van der Waals surface area contributed by atoms with E-state index in [-0.39, 0.29) is 5.54 Å². The molecule has 0 radical (unpaired) electrons. The van der Waals surface area contributed by atoms with Crippen LogP contribution in [0.2, 0.25) is 0 Å². The van der Waals surface area contributed by atoms with Crippen molar-refractivity contribution in [2.75, 3.05) is 18.0 Å². The van der Waals surface area contributed by atoms with Gasteiger partial charge in [0.2, 0.25) is 0 Å². The number of unbranched alkanes of at least 4 members (excludes halogenated alkanes) is 3. The van der Waals surface area contributed by atoms with Crippen molar-refractivity contribution in [3.8, 4) is 0 Å². The predicted octanol–water partition coefficient (Wildman–Crippen LogP) is 4.59. The van der Waals surface area contributed by atoms with Gasteiger partial charge in [0.1, 0.15) is 0 Å². The minimum absolute atomic E-state index is 0.0751. The van der Waals surface area contributed by atoms with Gasteiger partial charge in [0.15, 0.2) is 0 Å². The summed E-state index contributed by atoms with van der Waals surface area (Å²) < 4.78 is 0. The van der Waals surface area contributed by atoms with Crippen molar-refractivity contribution in [3.63, 3.8) is 0 Å². The van der Waals surface area contributed by atoms with Crippen LogP contribution in [0.25, 0.3) is 0 Å². The van der Waals surface area contributed by atoms with Gasteiger partial charge in [-0.2, -0.15) is 0 Å². The zero-order valence-electron chi connectivity index (χ0n) is 13.6. The summed E-state index contributed by atoms with van der Waals surface area (Å²) in [7, 11) is 0. The molecule has 0 amide bonds. The second-order valence-electron chi connectivity index (χ2n) is 6.00. The zero-order valence-corrected chi connectivity index (χ0v) is 13.6. The first kappa shape index (κ1) is 17.0. The number of benzene rings is 1. The fraction of sp³-hybridized carbons (Fsp3) is 0.667. The Bertz CT molecular complexity index is 350. The summed E-state index contributed by atoms with van der Waals surface area (Å²) in [6.07, 6.45) is 7.44. The highest BCUT2D eigenvalue weighted by molar-refractivity contribution is 5.49. The molecule has 0 fully saturated rings. The van der Waals surface area contributed by atoms with Gasteiger partial charge in [0.05, 0.1) is 0 Å². The summed E-state index contributed by atoms with van der Waals surface area (Å²) in [5.41, 5.74) is 7.54. The van der Waals surface area contributed by atoms with Gasteiger partial charge in [-0.05, 0) is 31.9 Å². The smallest absolute Gasteiger partial charge is 0.0496 e. The summed E-state index contributed by atoms with van der Waals surface area (Å²) in [6.45, 7) is 8.65. The minimum Gasteiger partial charge on any atom is -0.365 e. The lowest BCUT2D eigenvalue weighted by Crippen LogP contribution is -2.52. The molecule has 0 spiro atoms. The molecule has 1 unspecified atom stereocenters. The summed E-state index contributed by atoms with van der Waals surface area (Å²) >= 11 is 0. The third kappa shape index (κ3) is 4.82. The van der Waals surface area contributed by atoms with Crippen LogP contribution in [-0.2, 0) is 0 Å². The molecule has 1 atom stereocenters. The first-order valence-electron chi connectivity index (χ1n) is 8.20. The van der Waals surface area contributed by atoms with Gasteiger partial charge < -0.3 is 10.6 Å². The lowest BCUT2D eigenvalue weighted by Gasteiger charge is -2.43. The topological polar surface area (TPSA) is 29.3 Å². The fourth-order valence-electron chi connectivity index (χ4n) is 2.74. The molecule has 114 valence electrons. The fourth-order valence-corrected chi connectivity index (χ4v) is 2.74. The van der Waals surface area contributed by atoms with E-state index in [1.807, 2.05) is 0 Å². The molecule has 1 aromatic carbocycles. The summed E-state index contributed by atoms with van der Waals surface area (Å²) in [5.74, 6) is 0. The molecule has 0 aliphatic carbocycles. The van der Waals surface area contributed by atoms with Crippen LogP contribution in [-0.4, -0.2) is 18.6 Å². The number of hydrogen-bond donors (Lipinski definition) is 1. The van der Waals surface area contributed by atoms with E-state index in [9.17, 15) is 0 Å². The van der Waals surface area contributed by atoms with E-state index in [0.29, 0.717) is 0 Å². The number of nitrogens with two attached hydrogens (primary N) is 1. The highest BCUT2D eigenvalue weighted by Gasteiger charge is 2.29. The molecule has 0 saturated carbocycles. The van der Waals surface area contributed by atoms with Gasteiger partial charge in [-0.1, -0.05) is 57.7 Å². The molecule has 0 bridgehead atoms. The first-order valence-corrected chi connectivity index (χ1v) is 8.20. The lowest BCUT2D eigenvalue weighted by atomic mass is 9.91. The molecule has 0 aliphatic rings. The molecular formula is C18H32N2. The molecule has 0 heterocycles. The molecule has 1 aromatic rings. The highest BCUT2D eigenvalue weighted by Crippen LogP contribution is 2.28. The molecule has 2 N–H and O–H groups in total. The maximum atomic E-state index is 6.16. The van der Waals surface area contributed by atoms with Gasteiger partial charge in [0.25, 0.3) is 0 Å². The van der Waals surface area contributed by atoms with Gasteiger partial charge >= 0.3 is 0 Å². The van der Waals surface area contributed by atoms with Crippen LogP contribution < -0.4 is 10.6 Å². The maximum Gasteiger partial charge on any atom is 0.0496 e. The largest absolute Gasteiger partial charge is 0.365 e. The Morgan fingerprint density at radius 2 is 1.65 bits per heavy atom. The summed E-state index contributed by atoms with van der Waals surface area (Å²) in [6, 6.07) is 10.7. The Balaban J connectivity index is 2.88. The van der Waals surface area contributed by atoms with E-state index < -0.39 is 0 Å². The Hall–Kier alpha value is -1.02. The highest BCUT2D eigenvalue weighted by atomic mass is 15.2.